The van der Waals surface area contributed by atoms with Gasteiger partial charge in [-0.1, -0.05) is 6.07 Å². The van der Waals surface area contributed by atoms with Crippen LogP contribution in [0.2, 0.25) is 0 Å². The second-order valence-corrected chi connectivity index (χ2v) is 3.36. The van der Waals surface area contributed by atoms with Gasteiger partial charge in [-0.25, -0.2) is 9.18 Å². The highest BCUT2D eigenvalue weighted by Gasteiger charge is 2.08. The highest BCUT2D eigenvalue weighted by atomic mass is 19.1. The summed E-state index contributed by atoms with van der Waals surface area (Å²) in [5.74, 6) is -0.406. The third kappa shape index (κ3) is 1.66. The summed E-state index contributed by atoms with van der Waals surface area (Å²) in [6.07, 6.45) is 0.698. The highest BCUT2D eigenvalue weighted by Crippen LogP contribution is 2.13. The molecule has 0 atom stereocenters. The van der Waals surface area contributed by atoms with Crippen molar-refractivity contribution >= 4 is 11.0 Å². The van der Waals surface area contributed by atoms with Crippen LogP contribution < -0.4 is 11.4 Å². The Bertz CT molecular complexity index is 529. The molecule has 0 aliphatic rings. The number of nitrogens with two attached hydrogens (primary N) is 1. The zero-order valence-electron chi connectivity index (χ0n) is 8.16. The fraction of sp³-hybridized carbons (Fsp3) is 0.300. The number of hydrogen-bond acceptors (Lipinski definition) is 2. The van der Waals surface area contributed by atoms with Gasteiger partial charge in [0.15, 0.2) is 0 Å². The van der Waals surface area contributed by atoms with Gasteiger partial charge in [-0.3, -0.25) is 4.57 Å². The first-order chi connectivity index (χ1) is 7.24. The van der Waals surface area contributed by atoms with Gasteiger partial charge >= 0.3 is 5.69 Å². The first kappa shape index (κ1) is 9.92. The molecule has 0 amide bonds. The molecule has 0 unspecified atom stereocenters. The lowest BCUT2D eigenvalue weighted by Gasteiger charge is -2.00. The number of halogens is 1. The molecule has 1 aromatic carbocycles. The zero-order valence-corrected chi connectivity index (χ0v) is 8.16. The van der Waals surface area contributed by atoms with Crippen molar-refractivity contribution in [3.8, 4) is 0 Å². The van der Waals surface area contributed by atoms with Crippen LogP contribution in [0.5, 0.6) is 0 Å². The number of aromatic nitrogens is 2. The molecule has 4 nitrogen and oxygen atoms in total. The Morgan fingerprint density at radius 2 is 2.27 bits per heavy atom. The predicted molar refractivity (Wildman–Crippen MR) is 56.2 cm³/mol. The molecule has 15 heavy (non-hydrogen) atoms. The van der Waals surface area contributed by atoms with Gasteiger partial charge in [0, 0.05) is 6.54 Å². The first-order valence-electron chi connectivity index (χ1n) is 4.81. The van der Waals surface area contributed by atoms with E-state index in [1.165, 1.54) is 10.6 Å². The molecule has 0 saturated heterocycles. The summed E-state index contributed by atoms with van der Waals surface area (Å²) in [5.41, 5.74) is 5.94. The van der Waals surface area contributed by atoms with Gasteiger partial charge in [0.2, 0.25) is 0 Å². The van der Waals surface area contributed by atoms with Crippen LogP contribution in [0.1, 0.15) is 6.42 Å². The van der Waals surface area contributed by atoms with Crippen molar-refractivity contribution < 1.29 is 4.39 Å². The zero-order chi connectivity index (χ0) is 10.8. The van der Waals surface area contributed by atoms with Gasteiger partial charge in [0.1, 0.15) is 11.3 Å². The number of benzene rings is 1. The van der Waals surface area contributed by atoms with Crippen LogP contribution in [0, 0.1) is 5.82 Å². The maximum Gasteiger partial charge on any atom is 0.326 e. The van der Waals surface area contributed by atoms with Crippen LogP contribution in [0.3, 0.4) is 0 Å². The van der Waals surface area contributed by atoms with Crippen LogP contribution in [0.4, 0.5) is 4.39 Å². The molecule has 0 saturated carbocycles. The van der Waals surface area contributed by atoms with Gasteiger partial charge in [-0.15, -0.1) is 0 Å². The minimum atomic E-state index is -0.406. The summed E-state index contributed by atoms with van der Waals surface area (Å²) in [5, 5.41) is 0. The number of aryl methyl sites for hydroxylation is 1. The van der Waals surface area contributed by atoms with Gasteiger partial charge in [-0.05, 0) is 25.1 Å². The van der Waals surface area contributed by atoms with Crippen molar-refractivity contribution in [1.29, 1.82) is 0 Å². The predicted octanol–water partition coefficient (Wildman–Crippen LogP) is 0.817. The van der Waals surface area contributed by atoms with Gasteiger partial charge < -0.3 is 10.7 Å². The normalized spacial score (nSPS) is 11.1. The molecule has 0 aliphatic carbocycles. The SMILES string of the molecule is NCCCn1c(=O)[nH]c2c(F)cccc21. The fourth-order valence-corrected chi connectivity index (χ4v) is 1.62. The number of aromatic amines is 1. The van der Waals surface area contributed by atoms with E-state index in [0.29, 0.717) is 25.0 Å². The lowest BCUT2D eigenvalue weighted by Crippen LogP contribution is -2.18. The van der Waals surface area contributed by atoms with Crippen molar-refractivity contribution in [2.24, 2.45) is 5.73 Å². The van der Waals surface area contributed by atoms with Gasteiger partial charge in [0.05, 0.1) is 5.52 Å². The molecular weight excluding hydrogens is 197 g/mol. The average Bonchev–Trinajstić information content (AvgIpc) is 2.54. The minimum absolute atomic E-state index is 0.263. The summed E-state index contributed by atoms with van der Waals surface area (Å²) in [6.45, 7) is 1.02. The molecular formula is C10H12FN3O. The smallest absolute Gasteiger partial charge is 0.326 e. The molecule has 0 spiro atoms. The molecule has 0 aliphatic heterocycles. The van der Waals surface area contributed by atoms with Crippen molar-refractivity contribution in [3.05, 3.63) is 34.5 Å². The maximum atomic E-state index is 13.3. The van der Waals surface area contributed by atoms with Crippen molar-refractivity contribution in [2.45, 2.75) is 13.0 Å². The molecule has 0 bridgehead atoms. The third-order valence-corrected chi connectivity index (χ3v) is 2.35. The number of fused-ring (bicyclic) bond motifs is 1. The third-order valence-electron chi connectivity index (χ3n) is 2.35. The lowest BCUT2D eigenvalue weighted by atomic mass is 10.3. The topological polar surface area (TPSA) is 63.8 Å². The summed E-state index contributed by atoms with van der Waals surface area (Å²) >= 11 is 0. The average molecular weight is 209 g/mol. The number of nitrogens with zero attached hydrogens (tertiary/aromatic N) is 1. The molecule has 80 valence electrons. The fourth-order valence-electron chi connectivity index (χ4n) is 1.62. The molecule has 3 N–H and O–H groups in total. The molecule has 5 heteroatoms. The number of imidazole rings is 1. The van der Waals surface area contributed by atoms with E-state index >= 15 is 0 Å². The van der Waals surface area contributed by atoms with Crippen LogP contribution in [-0.2, 0) is 6.54 Å². The summed E-state index contributed by atoms with van der Waals surface area (Å²) in [7, 11) is 0. The largest absolute Gasteiger partial charge is 0.330 e. The number of para-hydroxylation sites is 1. The van der Waals surface area contributed by atoms with Crippen molar-refractivity contribution in [3.63, 3.8) is 0 Å². The van der Waals surface area contributed by atoms with Gasteiger partial charge in [0.25, 0.3) is 0 Å². The number of nitrogens with one attached hydrogen (secondary N) is 1. The van der Waals surface area contributed by atoms with E-state index in [4.69, 9.17) is 5.73 Å². The Kier molecular flexibility index (Phi) is 2.55. The Labute approximate surface area is 85.5 Å². The van der Waals surface area contributed by atoms with E-state index in [1.54, 1.807) is 12.1 Å². The summed E-state index contributed by atoms with van der Waals surface area (Å²) in [4.78, 5) is 14.0. The molecule has 0 radical (unpaired) electrons. The van der Waals surface area contributed by atoms with Crippen molar-refractivity contribution in [2.75, 3.05) is 6.54 Å². The maximum absolute atomic E-state index is 13.3. The van der Waals surface area contributed by atoms with E-state index < -0.39 is 5.82 Å². The van der Waals surface area contributed by atoms with Crippen LogP contribution in [0.25, 0.3) is 11.0 Å². The summed E-state index contributed by atoms with van der Waals surface area (Å²) in [6, 6.07) is 4.63. The Balaban J connectivity index is 2.58. The van der Waals surface area contributed by atoms with E-state index in [2.05, 4.69) is 4.98 Å². The molecule has 0 fully saturated rings. The first-order valence-corrected chi connectivity index (χ1v) is 4.81. The quantitative estimate of drug-likeness (QED) is 0.786. The molecule has 1 aromatic heterocycles. The number of H-pyrrole nitrogens is 1. The van der Waals surface area contributed by atoms with Crippen LogP contribution >= 0.6 is 0 Å². The van der Waals surface area contributed by atoms with Crippen LogP contribution in [0.15, 0.2) is 23.0 Å². The summed E-state index contributed by atoms with van der Waals surface area (Å²) < 4.78 is 14.8. The minimum Gasteiger partial charge on any atom is -0.330 e. The number of hydrogen-bond donors (Lipinski definition) is 2. The Morgan fingerprint density at radius 3 is 3.00 bits per heavy atom. The molecule has 1 heterocycles. The van der Waals surface area contributed by atoms with E-state index in [-0.39, 0.29) is 11.2 Å². The monoisotopic (exact) mass is 209 g/mol. The van der Waals surface area contributed by atoms with Gasteiger partial charge in [-0.2, -0.15) is 0 Å². The van der Waals surface area contributed by atoms with Crippen molar-refractivity contribution in [1.82, 2.24) is 9.55 Å². The van der Waals surface area contributed by atoms with E-state index in [9.17, 15) is 9.18 Å². The Morgan fingerprint density at radius 1 is 1.47 bits per heavy atom. The van der Waals surface area contributed by atoms with Crippen LogP contribution in [-0.4, -0.2) is 16.1 Å². The highest BCUT2D eigenvalue weighted by molar-refractivity contribution is 5.75. The molecule has 2 rings (SSSR count). The second-order valence-electron chi connectivity index (χ2n) is 3.36. The standard InChI is InChI=1S/C10H12FN3O/c11-7-3-1-4-8-9(7)13-10(15)14(8)6-2-5-12/h1,3-4H,2,5-6,12H2,(H,13,15). The second kappa shape index (κ2) is 3.86. The lowest BCUT2D eigenvalue weighted by molar-refractivity contribution is 0.637. The number of rotatable bonds is 3. The van der Waals surface area contributed by atoms with E-state index in [1.807, 2.05) is 0 Å². The Hall–Kier alpha value is -1.62. The molecule has 2 aromatic rings. The van der Waals surface area contributed by atoms with E-state index in [0.717, 1.165) is 0 Å².